The minimum absolute atomic E-state index is 0.158. The van der Waals surface area contributed by atoms with E-state index in [0.29, 0.717) is 42.9 Å². The molecule has 44 heavy (non-hydrogen) atoms. The highest BCUT2D eigenvalue weighted by Crippen LogP contribution is 2.31. The van der Waals surface area contributed by atoms with Gasteiger partial charge in [0.15, 0.2) is 12.2 Å². The zero-order valence-electron chi connectivity index (χ0n) is 25.6. The van der Waals surface area contributed by atoms with E-state index >= 15 is 0 Å². The quantitative estimate of drug-likeness (QED) is 0.0868. The minimum Gasteiger partial charge on any atom is -0.494 e. The first kappa shape index (κ1) is 33.2. The summed E-state index contributed by atoms with van der Waals surface area (Å²) in [6.45, 7) is 6.67. The van der Waals surface area contributed by atoms with Crippen LogP contribution in [0.3, 0.4) is 0 Å². The van der Waals surface area contributed by atoms with E-state index in [4.69, 9.17) is 28.4 Å². The second kappa shape index (κ2) is 17.6. The van der Waals surface area contributed by atoms with Crippen molar-refractivity contribution >= 4 is 17.9 Å². The van der Waals surface area contributed by atoms with Crippen molar-refractivity contribution in [2.24, 2.45) is 0 Å². The van der Waals surface area contributed by atoms with Gasteiger partial charge in [-0.15, -0.1) is 0 Å². The van der Waals surface area contributed by atoms with E-state index in [0.717, 1.165) is 18.9 Å². The van der Waals surface area contributed by atoms with Crippen molar-refractivity contribution in [1.29, 1.82) is 0 Å². The highest BCUT2D eigenvalue weighted by atomic mass is 16.7. The van der Waals surface area contributed by atoms with E-state index in [9.17, 15) is 14.4 Å². The van der Waals surface area contributed by atoms with Gasteiger partial charge in [-0.2, -0.15) is 0 Å². The number of carbonyl (C=O) groups is 3. The third-order valence-electron chi connectivity index (χ3n) is 7.80. The Morgan fingerprint density at radius 3 is 1.89 bits per heavy atom. The van der Waals surface area contributed by atoms with Gasteiger partial charge in [-0.1, -0.05) is 57.7 Å². The Labute approximate surface area is 259 Å². The Hall–Kier alpha value is -3.69. The monoisotopic (exact) mass is 608 g/mol. The van der Waals surface area contributed by atoms with Crippen LogP contribution in [-0.4, -0.2) is 68.8 Å². The third kappa shape index (κ3) is 9.92. The van der Waals surface area contributed by atoms with Crippen LogP contribution in [0.15, 0.2) is 61.2 Å². The van der Waals surface area contributed by atoms with Gasteiger partial charge in [0.2, 0.25) is 0 Å². The van der Waals surface area contributed by atoms with Crippen LogP contribution in [-0.2, 0) is 34.9 Å². The first-order valence-corrected chi connectivity index (χ1v) is 15.7. The number of benzene rings is 2. The molecule has 238 valence electrons. The summed E-state index contributed by atoms with van der Waals surface area (Å²) < 4.78 is 33.8. The lowest BCUT2D eigenvalue weighted by Crippen LogP contribution is -2.36. The topological polar surface area (TPSA) is 107 Å². The highest BCUT2D eigenvalue weighted by molar-refractivity contribution is 5.90. The summed E-state index contributed by atoms with van der Waals surface area (Å²) in [5.41, 5.74) is 2.08. The smallest absolute Gasteiger partial charge is 0.338 e. The SMILES string of the molecule is C=CC(=O)OCCCCOc1ccc(C(=O)OC2CO[C@H]3[C@@H]2OC[C@H]3OC(=O)c2ccc(CCCCCCCC)cc2)cc1. The fourth-order valence-electron chi connectivity index (χ4n) is 5.27. The number of fused-ring (bicyclic) bond motifs is 1. The average molecular weight is 609 g/mol. The highest BCUT2D eigenvalue weighted by Gasteiger charge is 2.51. The summed E-state index contributed by atoms with van der Waals surface area (Å²) >= 11 is 0. The number of unbranched alkanes of at least 4 members (excludes halogenated alkanes) is 6. The molecule has 2 fully saturated rings. The molecule has 2 aliphatic rings. The van der Waals surface area contributed by atoms with Crippen molar-refractivity contribution in [3.05, 3.63) is 77.9 Å². The van der Waals surface area contributed by atoms with E-state index in [2.05, 4.69) is 13.5 Å². The van der Waals surface area contributed by atoms with Gasteiger partial charge in [0.25, 0.3) is 0 Å². The van der Waals surface area contributed by atoms with E-state index < -0.39 is 42.3 Å². The molecule has 0 spiro atoms. The molecule has 0 N–H and O–H groups in total. The predicted octanol–water partition coefficient (Wildman–Crippen LogP) is 6.03. The van der Waals surface area contributed by atoms with Gasteiger partial charge in [-0.05, 0) is 67.6 Å². The number of rotatable bonds is 18. The fraction of sp³-hybridized carbons (Fsp3) is 0.514. The Bertz CT molecular complexity index is 1210. The zero-order valence-corrected chi connectivity index (χ0v) is 25.6. The summed E-state index contributed by atoms with van der Waals surface area (Å²) in [5.74, 6) is -0.746. The molecule has 2 aromatic carbocycles. The molecule has 2 aliphatic heterocycles. The maximum atomic E-state index is 12.8. The Balaban J connectivity index is 1.16. The lowest BCUT2D eigenvalue weighted by atomic mass is 10.0. The van der Waals surface area contributed by atoms with Crippen LogP contribution in [0.2, 0.25) is 0 Å². The van der Waals surface area contributed by atoms with Crippen LogP contribution >= 0.6 is 0 Å². The lowest BCUT2D eigenvalue weighted by molar-refractivity contribution is -0.137. The number of hydrogen-bond donors (Lipinski definition) is 0. The molecule has 9 heteroatoms. The van der Waals surface area contributed by atoms with Crippen molar-refractivity contribution in [3.8, 4) is 5.75 Å². The summed E-state index contributed by atoms with van der Waals surface area (Å²) in [7, 11) is 0. The molecule has 0 amide bonds. The standard InChI is InChI=1S/C35H44O9/c1-3-5-6-7-8-9-12-25-13-15-26(16-14-25)34(37)43-29-23-41-33-30(24-42-32(29)33)44-35(38)27-17-19-28(20-18-27)39-21-10-11-22-40-31(36)4-2/h4,13-20,29-30,32-33H,2-3,5-12,21-24H2,1H3/t29-,30?,32-,33-/m1/s1. The second-order valence-corrected chi connectivity index (χ2v) is 11.1. The van der Waals surface area contributed by atoms with Crippen LogP contribution in [0.1, 0.15) is 84.6 Å². The number of esters is 3. The van der Waals surface area contributed by atoms with Crippen LogP contribution < -0.4 is 4.74 Å². The third-order valence-corrected chi connectivity index (χ3v) is 7.80. The van der Waals surface area contributed by atoms with Crippen molar-refractivity contribution in [2.45, 2.75) is 89.1 Å². The molecular weight excluding hydrogens is 564 g/mol. The summed E-state index contributed by atoms with van der Waals surface area (Å²) in [6, 6.07) is 14.3. The van der Waals surface area contributed by atoms with Gasteiger partial charge in [0, 0.05) is 6.08 Å². The van der Waals surface area contributed by atoms with Gasteiger partial charge in [0.05, 0.1) is 37.6 Å². The minimum atomic E-state index is -0.608. The lowest BCUT2D eigenvalue weighted by Gasteiger charge is -2.17. The van der Waals surface area contributed by atoms with Crippen molar-refractivity contribution in [3.63, 3.8) is 0 Å². The van der Waals surface area contributed by atoms with Gasteiger partial charge < -0.3 is 28.4 Å². The van der Waals surface area contributed by atoms with E-state index in [1.54, 1.807) is 24.3 Å². The van der Waals surface area contributed by atoms with Crippen molar-refractivity contribution in [2.75, 3.05) is 26.4 Å². The van der Waals surface area contributed by atoms with Gasteiger partial charge in [0.1, 0.15) is 18.0 Å². The number of ether oxygens (including phenoxy) is 6. The van der Waals surface area contributed by atoms with E-state index in [1.165, 1.54) is 37.7 Å². The van der Waals surface area contributed by atoms with Gasteiger partial charge in [-0.25, -0.2) is 14.4 Å². The first-order valence-electron chi connectivity index (χ1n) is 15.7. The first-order chi connectivity index (χ1) is 21.5. The van der Waals surface area contributed by atoms with Crippen LogP contribution in [0, 0.1) is 0 Å². The Morgan fingerprint density at radius 2 is 1.30 bits per heavy atom. The molecule has 2 saturated heterocycles. The Kier molecular flexibility index (Phi) is 13.3. The molecule has 9 nitrogen and oxygen atoms in total. The molecule has 4 atom stereocenters. The van der Waals surface area contributed by atoms with Crippen LogP contribution in [0.5, 0.6) is 5.75 Å². The number of hydrogen-bond acceptors (Lipinski definition) is 9. The normalized spacial score (nSPS) is 20.5. The van der Waals surface area contributed by atoms with Crippen molar-refractivity contribution in [1.82, 2.24) is 0 Å². The summed E-state index contributed by atoms with van der Waals surface area (Å²) in [4.78, 5) is 36.7. The average Bonchev–Trinajstić information content (AvgIpc) is 3.63. The molecule has 0 saturated carbocycles. The maximum absolute atomic E-state index is 12.8. The number of aryl methyl sites for hydroxylation is 1. The predicted molar refractivity (Wildman–Crippen MR) is 164 cm³/mol. The van der Waals surface area contributed by atoms with Gasteiger partial charge >= 0.3 is 17.9 Å². The van der Waals surface area contributed by atoms with Gasteiger partial charge in [-0.3, -0.25) is 0 Å². The molecule has 4 rings (SSSR count). The summed E-state index contributed by atoms with van der Waals surface area (Å²) in [6.07, 6.45) is 8.82. The van der Waals surface area contributed by atoms with Crippen LogP contribution in [0.4, 0.5) is 0 Å². The fourth-order valence-corrected chi connectivity index (χ4v) is 5.27. The second-order valence-electron chi connectivity index (χ2n) is 11.1. The molecule has 0 aromatic heterocycles. The molecule has 0 bridgehead atoms. The molecule has 1 unspecified atom stereocenters. The number of carbonyl (C=O) groups excluding carboxylic acids is 3. The molecule has 0 aliphatic carbocycles. The van der Waals surface area contributed by atoms with Crippen LogP contribution in [0.25, 0.3) is 0 Å². The molecule has 2 heterocycles. The maximum Gasteiger partial charge on any atom is 0.338 e. The molecular formula is C35H44O9. The zero-order chi connectivity index (χ0) is 31.1. The molecule has 2 aromatic rings. The summed E-state index contributed by atoms with van der Waals surface area (Å²) in [5, 5.41) is 0. The molecule has 0 radical (unpaired) electrons. The Morgan fingerprint density at radius 1 is 0.750 bits per heavy atom. The van der Waals surface area contributed by atoms with Crippen molar-refractivity contribution < 1.29 is 42.8 Å². The van der Waals surface area contributed by atoms with E-state index in [-0.39, 0.29) is 13.2 Å². The largest absolute Gasteiger partial charge is 0.494 e. The van der Waals surface area contributed by atoms with E-state index in [1.807, 2.05) is 24.3 Å².